The van der Waals surface area contributed by atoms with Gasteiger partial charge in [-0.2, -0.15) is 0 Å². The average Bonchev–Trinajstić information content (AvgIpc) is 2.91. The van der Waals surface area contributed by atoms with Crippen molar-refractivity contribution >= 4 is 5.91 Å². The van der Waals surface area contributed by atoms with Crippen molar-refractivity contribution in [1.29, 1.82) is 0 Å². The Hall–Kier alpha value is -1.66. The highest BCUT2D eigenvalue weighted by Gasteiger charge is 2.21. The number of pyridine rings is 1. The van der Waals surface area contributed by atoms with Crippen LogP contribution in [0.3, 0.4) is 0 Å². The first-order valence-electron chi connectivity index (χ1n) is 6.64. The first kappa shape index (κ1) is 14.7. The molecule has 2 N–H and O–H groups in total. The maximum Gasteiger partial charge on any atom is 0.252 e. The van der Waals surface area contributed by atoms with Crippen LogP contribution in [0, 0.1) is 0 Å². The summed E-state index contributed by atoms with van der Waals surface area (Å²) in [5, 5.41) is 11.9. The SMILES string of the molecule is CC(C)(CO)NC(=O)c1ccnc(OC2CCOC2)c1. The molecule has 0 radical (unpaired) electrons. The number of carbonyl (C=O) groups excluding carboxylic acids is 1. The van der Waals surface area contributed by atoms with Crippen molar-refractivity contribution in [3.05, 3.63) is 23.9 Å². The van der Waals surface area contributed by atoms with E-state index in [9.17, 15) is 4.79 Å². The van der Waals surface area contributed by atoms with Crippen LogP contribution in [0.4, 0.5) is 0 Å². The minimum atomic E-state index is -0.666. The number of carbonyl (C=O) groups is 1. The standard InChI is InChI=1S/C14H20N2O4/c1-14(2,9-17)16-13(18)10-3-5-15-12(7-10)20-11-4-6-19-8-11/h3,5,7,11,17H,4,6,8-9H2,1-2H3,(H,16,18). The smallest absolute Gasteiger partial charge is 0.252 e. The number of hydrogen-bond acceptors (Lipinski definition) is 5. The molecule has 1 fully saturated rings. The molecule has 2 rings (SSSR count). The van der Waals surface area contributed by atoms with E-state index in [0.29, 0.717) is 24.7 Å². The third kappa shape index (κ3) is 3.91. The van der Waals surface area contributed by atoms with Crippen LogP contribution in [-0.4, -0.2) is 47.5 Å². The molecule has 0 spiro atoms. The van der Waals surface area contributed by atoms with Gasteiger partial charge in [-0.15, -0.1) is 0 Å². The normalized spacial score (nSPS) is 18.9. The van der Waals surface area contributed by atoms with Crippen molar-refractivity contribution in [2.24, 2.45) is 0 Å². The summed E-state index contributed by atoms with van der Waals surface area (Å²) >= 11 is 0. The predicted octanol–water partition coefficient (Wildman–Crippen LogP) is 0.750. The van der Waals surface area contributed by atoms with Crippen LogP contribution in [-0.2, 0) is 4.74 Å². The summed E-state index contributed by atoms with van der Waals surface area (Å²) < 4.78 is 10.9. The summed E-state index contributed by atoms with van der Waals surface area (Å²) in [6.45, 7) is 4.61. The number of aromatic nitrogens is 1. The Kier molecular flexibility index (Phi) is 4.57. The molecule has 0 aliphatic carbocycles. The Morgan fingerprint density at radius 3 is 3.10 bits per heavy atom. The minimum Gasteiger partial charge on any atom is -0.472 e. The highest BCUT2D eigenvalue weighted by Crippen LogP contribution is 2.16. The fraction of sp³-hybridized carbons (Fsp3) is 0.571. The van der Waals surface area contributed by atoms with Crippen LogP contribution in [0.2, 0.25) is 0 Å². The van der Waals surface area contributed by atoms with E-state index in [-0.39, 0.29) is 18.6 Å². The Morgan fingerprint density at radius 2 is 2.45 bits per heavy atom. The van der Waals surface area contributed by atoms with E-state index in [2.05, 4.69) is 10.3 Å². The van der Waals surface area contributed by atoms with Crippen LogP contribution < -0.4 is 10.1 Å². The zero-order valence-corrected chi connectivity index (χ0v) is 11.8. The molecular weight excluding hydrogens is 260 g/mol. The highest BCUT2D eigenvalue weighted by atomic mass is 16.5. The lowest BCUT2D eigenvalue weighted by molar-refractivity contribution is 0.0868. The van der Waals surface area contributed by atoms with E-state index in [1.54, 1.807) is 26.0 Å². The molecule has 0 saturated carbocycles. The molecule has 6 heteroatoms. The molecule has 1 aromatic heterocycles. The lowest BCUT2D eigenvalue weighted by atomic mass is 10.1. The second kappa shape index (κ2) is 6.19. The van der Waals surface area contributed by atoms with Gasteiger partial charge < -0.3 is 19.9 Å². The van der Waals surface area contributed by atoms with E-state index >= 15 is 0 Å². The van der Waals surface area contributed by atoms with E-state index in [0.717, 1.165) is 6.42 Å². The third-order valence-electron chi connectivity index (χ3n) is 3.02. The molecule has 1 amide bonds. The fourth-order valence-corrected chi connectivity index (χ4v) is 1.81. The summed E-state index contributed by atoms with van der Waals surface area (Å²) in [7, 11) is 0. The lowest BCUT2D eigenvalue weighted by Crippen LogP contribution is -2.46. The molecule has 20 heavy (non-hydrogen) atoms. The number of aliphatic hydroxyl groups is 1. The van der Waals surface area contributed by atoms with Gasteiger partial charge in [-0.3, -0.25) is 4.79 Å². The molecule has 1 aliphatic rings. The van der Waals surface area contributed by atoms with Crippen LogP contribution >= 0.6 is 0 Å². The molecule has 110 valence electrons. The van der Waals surface area contributed by atoms with Crippen LogP contribution in [0.5, 0.6) is 5.88 Å². The molecule has 1 aromatic rings. The van der Waals surface area contributed by atoms with Crippen molar-refractivity contribution in [2.75, 3.05) is 19.8 Å². The van der Waals surface area contributed by atoms with Crippen molar-refractivity contribution in [2.45, 2.75) is 31.9 Å². The molecular formula is C14H20N2O4. The van der Waals surface area contributed by atoms with E-state index in [1.165, 1.54) is 6.20 Å². The second-order valence-corrected chi connectivity index (χ2v) is 5.48. The van der Waals surface area contributed by atoms with Gasteiger partial charge in [-0.1, -0.05) is 0 Å². The summed E-state index contributed by atoms with van der Waals surface area (Å²) in [6.07, 6.45) is 2.36. The van der Waals surface area contributed by atoms with Gasteiger partial charge in [0.1, 0.15) is 6.10 Å². The van der Waals surface area contributed by atoms with Gasteiger partial charge in [0.2, 0.25) is 5.88 Å². The fourth-order valence-electron chi connectivity index (χ4n) is 1.81. The number of amides is 1. The van der Waals surface area contributed by atoms with Gasteiger partial charge in [-0.05, 0) is 19.9 Å². The van der Waals surface area contributed by atoms with Gasteiger partial charge >= 0.3 is 0 Å². The number of aliphatic hydroxyl groups excluding tert-OH is 1. The summed E-state index contributed by atoms with van der Waals surface area (Å²) in [5.41, 5.74) is -0.212. The van der Waals surface area contributed by atoms with Crippen molar-refractivity contribution in [1.82, 2.24) is 10.3 Å². The highest BCUT2D eigenvalue weighted by molar-refractivity contribution is 5.94. The van der Waals surface area contributed by atoms with Crippen LogP contribution in [0.1, 0.15) is 30.6 Å². The van der Waals surface area contributed by atoms with Crippen LogP contribution in [0.15, 0.2) is 18.3 Å². The average molecular weight is 280 g/mol. The maximum absolute atomic E-state index is 12.1. The molecule has 2 heterocycles. The van der Waals surface area contributed by atoms with Crippen LogP contribution in [0.25, 0.3) is 0 Å². The molecule has 1 atom stereocenters. The largest absolute Gasteiger partial charge is 0.472 e. The molecule has 0 bridgehead atoms. The number of hydrogen-bond donors (Lipinski definition) is 2. The van der Waals surface area contributed by atoms with Gasteiger partial charge in [0.15, 0.2) is 0 Å². The predicted molar refractivity (Wildman–Crippen MR) is 72.7 cm³/mol. The van der Waals surface area contributed by atoms with Crippen molar-refractivity contribution in [3.8, 4) is 5.88 Å². The van der Waals surface area contributed by atoms with Gasteiger partial charge in [0.25, 0.3) is 5.91 Å². The monoisotopic (exact) mass is 280 g/mol. The molecule has 1 aliphatic heterocycles. The summed E-state index contributed by atoms with van der Waals surface area (Å²) in [6, 6.07) is 3.21. The number of nitrogens with zero attached hydrogens (tertiary/aromatic N) is 1. The van der Waals surface area contributed by atoms with Crippen molar-refractivity contribution in [3.63, 3.8) is 0 Å². The minimum absolute atomic E-state index is 0.00491. The number of rotatable bonds is 5. The second-order valence-electron chi connectivity index (χ2n) is 5.48. The number of nitrogens with one attached hydrogen (secondary N) is 1. The summed E-state index contributed by atoms with van der Waals surface area (Å²) in [4.78, 5) is 16.2. The van der Waals surface area contributed by atoms with Gasteiger partial charge in [-0.25, -0.2) is 4.98 Å². The van der Waals surface area contributed by atoms with Gasteiger partial charge in [0, 0.05) is 24.2 Å². The third-order valence-corrected chi connectivity index (χ3v) is 3.02. The molecule has 1 unspecified atom stereocenters. The first-order valence-corrected chi connectivity index (χ1v) is 6.64. The number of ether oxygens (including phenoxy) is 2. The molecule has 1 saturated heterocycles. The summed E-state index contributed by atoms with van der Waals surface area (Å²) in [5.74, 6) is 0.147. The zero-order valence-electron chi connectivity index (χ0n) is 11.8. The Labute approximate surface area is 118 Å². The Morgan fingerprint density at radius 1 is 1.65 bits per heavy atom. The lowest BCUT2D eigenvalue weighted by Gasteiger charge is -2.23. The van der Waals surface area contributed by atoms with E-state index < -0.39 is 5.54 Å². The van der Waals surface area contributed by atoms with E-state index in [4.69, 9.17) is 14.6 Å². The Balaban J connectivity index is 2.03. The van der Waals surface area contributed by atoms with Gasteiger partial charge in [0.05, 0.1) is 25.4 Å². The quantitative estimate of drug-likeness (QED) is 0.832. The topological polar surface area (TPSA) is 80.7 Å². The molecule has 0 aromatic carbocycles. The van der Waals surface area contributed by atoms with E-state index in [1.807, 2.05) is 0 Å². The first-order chi connectivity index (χ1) is 9.50. The molecule has 6 nitrogen and oxygen atoms in total. The zero-order chi connectivity index (χ0) is 14.6. The Bertz CT molecular complexity index is 470. The maximum atomic E-state index is 12.1. The van der Waals surface area contributed by atoms with Crippen molar-refractivity contribution < 1.29 is 19.4 Å².